The molecule has 0 aliphatic carbocycles. The van der Waals surface area contributed by atoms with Crippen LogP contribution in [0.15, 0.2) is 53.6 Å². The highest BCUT2D eigenvalue weighted by molar-refractivity contribution is 14.1. The van der Waals surface area contributed by atoms with Gasteiger partial charge in [-0.2, -0.15) is 5.10 Å². The number of hydrazone groups is 1. The zero-order valence-corrected chi connectivity index (χ0v) is 13.0. The fourth-order valence-electron chi connectivity index (χ4n) is 1.58. The van der Waals surface area contributed by atoms with Crippen LogP contribution in [0.4, 0.5) is 0 Å². The van der Waals surface area contributed by atoms with Crippen LogP contribution in [0, 0.1) is 3.57 Å². The van der Waals surface area contributed by atoms with Gasteiger partial charge < -0.3 is 4.74 Å². The van der Waals surface area contributed by atoms with Gasteiger partial charge in [0.2, 0.25) is 0 Å². The van der Waals surface area contributed by atoms with Crippen LogP contribution in [0.1, 0.15) is 15.9 Å². The van der Waals surface area contributed by atoms with Crippen molar-refractivity contribution in [3.05, 3.63) is 63.2 Å². The Hall–Kier alpha value is -1.89. The lowest BCUT2D eigenvalue weighted by molar-refractivity contribution is 0.0955. The summed E-state index contributed by atoms with van der Waals surface area (Å²) >= 11 is 2.12. The van der Waals surface area contributed by atoms with Crippen LogP contribution in [0.3, 0.4) is 0 Å². The van der Waals surface area contributed by atoms with E-state index in [1.54, 1.807) is 31.5 Å². The lowest BCUT2D eigenvalue weighted by Crippen LogP contribution is -2.17. The molecule has 0 saturated heterocycles. The Morgan fingerprint density at radius 2 is 2.00 bits per heavy atom. The smallest absolute Gasteiger partial charge is 0.271 e. The number of carbonyl (C=O) groups is 1. The maximum Gasteiger partial charge on any atom is 0.271 e. The van der Waals surface area contributed by atoms with Crippen molar-refractivity contribution in [3.63, 3.8) is 0 Å². The summed E-state index contributed by atoms with van der Waals surface area (Å²) in [7, 11) is 1.60. The van der Waals surface area contributed by atoms with Crippen molar-refractivity contribution in [2.45, 2.75) is 0 Å². The van der Waals surface area contributed by atoms with Crippen molar-refractivity contribution in [2.24, 2.45) is 5.10 Å². The van der Waals surface area contributed by atoms with Gasteiger partial charge in [0.25, 0.3) is 5.91 Å². The molecule has 0 aliphatic rings. The van der Waals surface area contributed by atoms with Crippen molar-refractivity contribution < 1.29 is 9.53 Å². The molecule has 0 spiro atoms. The summed E-state index contributed by atoms with van der Waals surface area (Å²) in [6.45, 7) is 0. The molecule has 2 aromatic rings. The second-order valence-corrected chi connectivity index (χ2v) is 5.12. The summed E-state index contributed by atoms with van der Waals surface area (Å²) < 4.78 is 6.03. The fraction of sp³-hybridized carbons (Fsp3) is 0.0667. The predicted octanol–water partition coefficient (Wildman–Crippen LogP) is 3.06. The molecular weight excluding hydrogens is 367 g/mol. The van der Waals surface area contributed by atoms with E-state index in [1.807, 2.05) is 30.3 Å². The quantitative estimate of drug-likeness (QED) is 0.504. The van der Waals surface area contributed by atoms with Crippen LogP contribution in [0.5, 0.6) is 5.75 Å². The predicted molar refractivity (Wildman–Crippen MR) is 87.2 cm³/mol. The molecule has 4 nitrogen and oxygen atoms in total. The maximum absolute atomic E-state index is 11.9. The van der Waals surface area contributed by atoms with Crippen molar-refractivity contribution >= 4 is 34.7 Å². The minimum Gasteiger partial charge on any atom is -0.496 e. The van der Waals surface area contributed by atoms with Gasteiger partial charge in [-0.1, -0.05) is 30.3 Å². The topological polar surface area (TPSA) is 50.7 Å². The lowest BCUT2D eigenvalue weighted by Gasteiger charge is -2.05. The summed E-state index contributed by atoms with van der Waals surface area (Å²) in [5, 5.41) is 3.93. The standard InChI is InChI=1S/C15H13IN2O2/c1-20-14-8-7-12(9-13(14)16)15(19)18-17-10-11-5-3-2-4-6-11/h2-10H,1H3,(H,18,19)/b17-10+. The highest BCUT2D eigenvalue weighted by atomic mass is 127. The van der Waals surface area contributed by atoms with Crippen molar-refractivity contribution in [3.8, 4) is 5.75 Å². The van der Waals surface area contributed by atoms with E-state index in [9.17, 15) is 4.79 Å². The van der Waals surface area contributed by atoms with E-state index >= 15 is 0 Å². The Kier molecular flexibility index (Phi) is 5.11. The van der Waals surface area contributed by atoms with E-state index in [0.29, 0.717) is 5.56 Å². The number of benzene rings is 2. The number of ether oxygens (including phenoxy) is 1. The Bertz CT molecular complexity index is 627. The number of methoxy groups -OCH3 is 1. The number of hydrogen-bond acceptors (Lipinski definition) is 3. The molecule has 0 radical (unpaired) electrons. The highest BCUT2D eigenvalue weighted by Crippen LogP contribution is 2.21. The first-order chi connectivity index (χ1) is 9.70. The van der Waals surface area contributed by atoms with Crippen molar-refractivity contribution in [2.75, 3.05) is 7.11 Å². The molecule has 0 saturated carbocycles. The maximum atomic E-state index is 11.9. The van der Waals surface area contributed by atoms with Crippen LogP contribution in [-0.2, 0) is 0 Å². The molecule has 0 aliphatic heterocycles. The molecule has 1 amide bonds. The monoisotopic (exact) mass is 380 g/mol. The Labute approximate surface area is 131 Å². The lowest BCUT2D eigenvalue weighted by atomic mass is 10.2. The van der Waals surface area contributed by atoms with E-state index in [-0.39, 0.29) is 5.91 Å². The van der Waals surface area contributed by atoms with E-state index < -0.39 is 0 Å². The molecule has 0 unspecified atom stereocenters. The number of rotatable bonds is 4. The average Bonchev–Trinajstić information content (AvgIpc) is 2.48. The molecule has 0 fully saturated rings. The van der Waals surface area contributed by atoms with Gasteiger partial charge in [-0.3, -0.25) is 4.79 Å². The summed E-state index contributed by atoms with van der Waals surface area (Å²) in [5.41, 5.74) is 3.97. The minimum absolute atomic E-state index is 0.252. The van der Waals surface area contributed by atoms with Crippen LogP contribution in [0.2, 0.25) is 0 Å². The molecule has 0 heterocycles. The number of carbonyl (C=O) groups excluding carboxylic acids is 1. The molecular formula is C15H13IN2O2. The number of hydrogen-bond donors (Lipinski definition) is 1. The van der Waals surface area contributed by atoms with Crippen molar-refractivity contribution in [1.82, 2.24) is 5.43 Å². The molecule has 1 N–H and O–H groups in total. The third kappa shape index (κ3) is 3.80. The SMILES string of the molecule is COc1ccc(C(=O)N/N=C/c2ccccc2)cc1I. The molecule has 2 rings (SSSR count). The zero-order chi connectivity index (χ0) is 14.4. The van der Waals surface area contributed by atoms with E-state index in [4.69, 9.17) is 4.74 Å². The zero-order valence-electron chi connectivity index (χ0n) is 10.8. The molecule has 0 aromatic heterocycles. The van der Waals surface area contributed by atoms with Gasteiger partial charge in [-0.15, -0.1) is 0 Å². The molecule has 5 heteroatoms. The van der Waals surface area contributed by atoms with Gasteiger partial charge in [-0.05, 0) is 46.4 Å². The average molecular weight is 380 g/mol. The summed E-state index contributed by atoms with van der Waals surface area (Å²) in [6, 6.07) is 14.8. The second-order valence-electron chi connectivity index (χ2n) is 3.96. The number of nitrogens with one attached hydrogen (secondary N) is 1. The normalized spacial score (nSPS) is 10.5. The fourth-order valence-corrected chi connectivity index (χ4v) is 2.31. The summed E-state index contributed by atoms with van der Waals surface area (Å²) in [6.07, 6.45) is 1.60. The summed E-state index contributed by atoms with van der Waals surface area (Å²) in [5.74, 6) is 0.493. The first kappa shape index (κ1) is 14.5. The molecule has 0 atom stereocenters. The summed E-state index contributed by atoms with van der Waals surface area (Å²) in [4.78, 5) is 11.9. The number of nitrogens with zero attached hydrogens (tertiary/aromatic N) is 1. The Morgan fingerprint density at radius 1 is 1.25 bits per heavy atom. The first-order valence-electron chi connectivity index (χ1n) is 5.92. The van der Waals surface area contributed by atoms with E-state index in [0.717, 1.165) is 14.9 Å². The largest absolute Gasteiger partial charge is 0.496 e. The molecule has 102 valence electrons. The van der Waals surface area contributed by atoms with Gasteiger partial charge in [0.15, 0.2) is 0 Å². The van der Waals surface area contributed by atoms with E-state index in [2.05, 4.69) is 33.1 Å². The number of amides is 1. The Morgan fingerprint density at radius 3 is 2.65 bits per heavy atom. The van der Waals surface area contributed by atoms with Gasteiger partial charge in [-0.25, -0.2) is 5.43 Å². The third-order valence-corrected chi connectivity index (χ3v) is 3.44. The molecule has 2 aromatic carbocycles. The van der Waals surface area contributed by atoms with Gasteiger partial charge >= 0.3 is 0 Å². The first-order valence-corrected chi connectivity index (χ1v) is 7.00. The van der Waals surface area contributed by atoms with E-state index in [1.165, 1.54) is 0 Å². The van der Waals surface area contributed by atoms with Crippen LogP contribution in [-0.4, -0.2) is 19.2 Å². The number of halogens is 1. The van der Waals surface area contributed by atoms with Crippen LogP contribution >= 0.6 is 22.6 Å². The highest BCUT2D eigenvalue weighted by Gasteiger charge is 2.07. The van der Waals surface area contributed by atoms with Gasteiger partial charge in [0.1, 0.15) is 5.75 Å². The Balaban J connectivity index is 2.02. The molecule has 0 bridgehead atoms. The van der Waals surface area contributed by atoms with Crippen molar-refractivity contribution in [1.29, 1.82) is 0 Å². The van der Waals surface area contributed by atoms with Crippen LogP contribution in [0.25, 0.3) is 0 Å². The van der Waals surface area contributed by atoms with Gasteiger partial charge in [0.05, 0.1) is 16.9 Å². The van der Waals surface area contributed by atoms with Gasteiger partial charge in [0, 0.05) is 5.56 Å². The molecule has 20 heavy (non-hydrogen) atoms. The second kappa shape index (κ2) is 7.04. The van der Waals surface area contributed by atoms with Crippen LogP contribution < -0.4 is 10.2 Å². The minimum atomic E-state index is -0.252. The third-order valence-electron chi connectivity index (χ3n) is 2.59.